The number of Topliss-reactive ketones (excluding diaryl/α,β-unsaturated/α-hetero) is 1. The Bertz CT molecular complexity index is 200. The molecular formula is C12H22O2. The maximum atomic E-state index is 11.9. The van der Waals surface area contributed by atoms with E-state index in [1.807, 2.05) is 6.92 Å². The molecule has 1 aliphatic rings. The summed E-state index contributed by atoms with van der Waals surface area (Å²) in [6.07, 6.45) is 3.62. The van der Waals surface area contributed by atoms with Gasteiger partial charge in [-0.15, -0.1) is 0 Å². The third-order valence-electron chi connectivity index (χ3n) is 3.38. The van der Waals surface area contributed by atoms with Gasteiger partial charge in [-0.25, -0.2) is 0 Å². The van der Waals surface area contributed by atoms with Gasteiger partial charge in [0.1, 0.15) is 5.60 Å². The van der Waals surface area contributed by atoms with Gasteiger partial charge in [0.2, 0.25) is 0 Å². The fraction of sp³-hybridized carbons (Fsp3) is 0.917. The van der Waals surface area contributed by atoms with Gasteiger partial charge >= 0.3 is 0 Å². The van der Waals surface area contributed by atoms with Crippen LogP contribution in [0.15, 0.2) is 0 Å². The zero-order valence-electron chi connectivity index (χ0n) is 9.80. The summed E-state index contributed by atoms with van der Waals surface area (Å²) in [5.74, 6) is 1.49. The van der Waals surface area contributed by atoms with Crippen LogP contribution in [-0.2, 0) is 9.53 Å². The van der Waals surface area contributed by atoms with Gasteiger partial charge in [-0.2, -0.15) is 0 Å². The number of hydrogen-bond donors (Lipinski definition) is 0. The summed E-state index contributed by atoms with van der Waals surface area (Å²) in [4.78, 5) is 11.9. The van der Waals surface area contributed by atoms with Crippen molar-refractivity contribution in [2.24, 2.45) is 11.8 Å². The molecule has 0 radical (unpaired) electrons. The van der Waals surface area contributed by atoms with Gasteiger partial charge in [0, 0.05) is 13.5 Å². The van der Waals surface area contributed by atoms with E-state index in [1.165, 1.54) is 6.42 Å². The maximum absolute atomic E-state index is 11.9. The van der Waals surface area contributed by atoms with Gasteiger partial charge in [0.25, 0.3) is 0 Å². The smallest absolute Gasteiger partial charge is 0.164 e. The van der Waals surface area contributed by atoms with Crippen molar-refractivity contribution in [2.75, 3.05) is 7.11 Å². The second-order valence-corrected chi connectivity index (χ2v) is 4.83. The van der Waals surface area contributed by atoms with Crippen molar-refractivity contribution in [1.82, 2.24) is 0 Å². The topological polar surface area (TPSA) is 26.3 Å². The predicted octanol–water partition coefficient (Wildman–Crippen LogP) is 2.81. The molecule has 2 heteroatoms. The summed E-state index contributed by atoms with van der Waals surface area (Å²) < 4.78 is 5.52. The van der Waals surface area contributed by atoms with E-state index in [9.17, 15) is 4.79 Å². The normalized spacial score (nSPS) is 38.3. The Morgan fingerprint density at radius 1 is 1.36 bits per heavy atom. The van der Waals surface area contributed by atoms with Crippen molar-refractivity contribution >= 4 is 5.78 Å². The van der Waals surface area contributed by atoms with E-state index in [0.717, 1.165) is 12.8 Å². The molecule has 1 fully saturated rings. The molecule has 0 aromatic carbocycles. The van der Waals surface area contributed by atoms with Gasteiger partial charge in [-0.1, -0.05) is 20.8 Å². The molecule has 0 spiro atoms. The molecule has 0 saturated heterocycles. The number of rotatable bonds is 3. The molecule has 0 bridgehead atoms. The van der Waals surface area contributed by atoms with Crippen LogP contribution in [0.25, 0.3) is 0 Å². The van der Waals surface area contributed by atoms with Gasteiger partial charge in [0.15, 0.2) is 5.78 Å². The first-order chi connectivity index (χ1) is 6.54. The molecule has 0 amide bonds. The van der Waals surface area contributed by atoms with Crippen molar-refractivity contribution < 1.29 is 9.53 Å². The van der Waals surface area contributed by atoms with Crippen LogP contribution in [0.5, 0.6) is 0 Å². The Labute approximate surface area is 87.0 Å². The van der Waals surface area contributed by atoms with E-state index in [0.29, 0.717) is 18.3 Å². The molecule has 0 aromatic rings. The third kappa shape index (κ3) is 2.17. The van der Waals surface area contributed by atoms with Crippen molar-refractivity contribution in [3.05, 3.63) is 0 Å². The van der Waals surface area contributed by atoms with Crippen LogP contribution in [-0.4, -0.2) is 18.5 Å². The molecule has 2 nitrogen and oxygen atoms in total. The highest BCUT2D eigenvalue weighted by Gasteiger charge is 2.42. The largest absolute Gasteiger partial charge is 0.370 e. The average molecular weight is 198 g/mol. The van der Waals surface area contributed by atoms with Crippen LogP contribution in [0.3, 0.4) is 0 Å². The molecule has 2 unspecified atom stereocenters. The molecule has 0 aromatic heterocycles. The quantitative estimate of drug-likeness (QED) is 0.697. The Morgan fingerprint density at radius 3 is 2.21 bits per heavy atom. The molecule has 1 rings (SSSR count). The van der Waals surface area contributed by atoms with Crippen LogP contribution >= 0.6 is 0 Å². The Balaban J connectivity index is 2.81. The third-order valence-corrected chi connectivity index (χ3v) is 3.38. The van der Waals surface area contributed by atoms with Crippen molar-refractivity contribution in [3.63, 3.8) is 0 Å². The molecule has 14 heavy (non-hydrogen) atoms. The first-order valence-corrected chi connectivity index (χ1v) is 5.62. The minimum atomic E-state index is -0.466. The van der Waals surface area contributed by atoms with Crippen LogP contribution in [0.1, 0.15) is 46.5 Å². The SMILES string of the molecule is CCC(=O)C1(OC)CC(C)CC(C)C1. The first kappa shape index (κ1) is 11.7. The van der Waals surface area contributed by atoms with E-state index in [-0.39, 0.29) is 5.78 Å². The predicted molar refractivity (Wildman–Crippen MR) is 57.2 cm³/mol. The van der Waals surface area contributed by atoms with Gasteiger partial charge in [-0.05, 0) is 31.1 Å². The van der Waals surface area contributed by atoms with Gasteiger partial charge in [0.05, 0.1) is 0 Å². The minimum Gasteiger partial charge on any atom is -0.370 e. The molecule has 0 aliphatic heterocycles. The number of hydrogen-bond acceptors (Lipinski definition) is 2. The van der Waals surface area contributed by atoms with Gasteiger partial charge < -0.3 is 4.74 Å². The maximum Gasteiger partial charge on any atom is 0.164 e. The van der Waals surface area contributed by atoms with Crippen molar-refractivity contribution in [1.29, 1.82) is 0 Å². The first-order valence-electron chi connectivity index (χ1n) is 5.62. The number of ketones is 1. The van der Waals surface area contributed by atoms with E-state index >= 15 is 0 Å². The van der Waals surface area contributed by atoms with Crippen LogP contribution in [0.4, 0.5) is 0 Å². The van der Waals surface area contributed by atoms with Crippen LogP contribution in [0.2, 0.25) is 0 Å². The summed E-state index contributed by atoms with van der Waals surface area (Å²) >= 11 is 0. The molecule has 0 heterocycles. The van der Waals surface area contributed by atoms with Crippen LogP contribution in [0, 0.1) is 11.8 Å². The fourth-order valence-corrected chi connectivity index (χ4v) is 2.89. The van der Waals surface area contributed by atoms with Crippen molar-refractivity contribution in [2.45, 2.75) is 52.1 Å². The van der Waals surface area contributed by atoms with E-state index < -0.39 is 5.60 Å². The Kier molecular flexibility index (Phi) is 3.71. The summed E-state index contributed by atoms with van der Waals surface area (Å²) in [5.41, 5.74) is -0.466. The standard InChI is InChI=1S/C12H22O2/c1-5-11(13)12(14-4)7-9(2)6-10(3)8-12/h9-10H,5-8H2,1-4H3. The Hall–Kier alpha value is -0.370. The zero-order valence-corrected chi connectivity index (χ0v) is 9.80. The number of methoxy groups -OCH3 is 1. The lowest BCUT2D eigenvalue weighted by Crippen LogP contribution is -2.46. The summed E-state index contributed by atoms with van der Waals surface area (Å²) in [6.45, 7) is 6.35. The molecular weight excluding hydrogens is 176 g/mol. The van der Waals surface area contributed by atoms with Gasteiger partial charge in [-0.3, -0.25) is 4.79 Å². The number of ether oxygens (including phenoxy) is 1. The number of carbonyl (C=O) groups excluding carboxylic acids is 1. The zero-order chi connectivity index (χ0) is 10.8. The number of carbonyl (C=O) groups is 1. The van der Waals surface area contributed by atoms with Crippen LogP contribution < -0.4 is 0 Å². The van der Waals surface area contributed by atoms with Crippen molar-refractivity contribution in [3.8, 4) is 0 Å². The molecule has 82 valence electrons. The highest BCUT2D eigenvalue weighted by Crippen LogP contribution is 2.39. The minimum absolute atomic E-state index is 0.276. The fourth-order valence-electron chi connectivity index (χ4n) is 2.89. The van der Waals surface area contributed by atoms with E-state index in [4.69, 9.17) is 4.74 Å². The molecule has 2 atom stereocenters. The average Bonchev–Trinajstić information content (AvgIpc) is 2.14. The lowest BCUT2D eigenvalue weighted by Gasteiger charge is -2.40. The monoisotopic (exact) mass is 198 g/mol. The summed E-state index contributed by atoms with van der Waals surface area (Å²) in [6, 6.07) is 0. The lowest BCUT2D eigenvalue weighted by molar-refractivity contribution is -0.149. The lowest BCUT2D eigenvalue weighted by atomic mass is 9.71. The molecule has 0 N–H and O–H groups in total. The highest BCUT2D eigenvalue weighted by atomic mass is 16.5. The summed E-state index contributed by atoms with van der Waals surface area (Å²) in [7, 11) is 1.68. The second kappa shape index (κ2) is 4.43. The molecule has 1 aliphatic carbocycles. The molecule has 1 saturated carbocycles. The van der Waals surface area contributed by atoms with E-state index in [1.54, 1.807) is 7.11 Å². The summed E-state index contributed by atoms with van der Waals surface area (Å²) in [5, 5.41) is 0. The highest BCUT2D eigenvalue weighted by molar-refractivity contribution is 5.87. The van der Waals surface area contributed by atoms with E-state index in [2.05, 4.69) is 13.8 Å². The Morgan fingerprint density at radius 2 is 1.86 bits per heavy atom. The second-order valence-electron chi connectivity index (χ2n) is 4.83.